The summed E-state index contributed by atoms with van der Waals surface area (Å²) in [4.78, 5) is 8.90. The summed E-state index contributed by atoms with van der Waals surface area (Å²) in [5, 5.41) is 12.1. The Balaban J connectivity index is 1.52. The van der Waals surface area contributed by atoms with Gasteiger partial charge in [-0.05, 0) is 24.3 Å². The van der Waals surface area contributed by atoms with Crippen molar-refractivity contribution in [2.45, 2.75) is 6.54 Å². The lowest BCUT2D eigenvalue weighted by Crippen LogP contribution is -1.99. The number of para-hydroxylation sites is 2. The fraction of sp³-hybridized carbons (Fsp3) is 0.0588. The molecule has 7 nitrogen and oxygen atoms in total. The third kappa shape index (κ3) is 1.98. The van der Waals surface area contributed by atoms with Gasteiger partial charge in [-0.2, -0.15) is 10.1 Å². The number of aromatic nitrogens is 6. The molecule has 0 unspecified atom stereocenters. The van der Waals surface area contributed by atoms with Crippen LogP contribution in [0.1, 0.15) is 5.82 Å². The van der Waals surface area contributed by atoms with Gasteiger partial charge >= 0.3 is 0 Å². The molecule has 0 amide bonds. The third-order valence-corrected chi connectivity index (χ3v) is 4.02. The molecule has 0 aliphatic rings. The number of fused-ring (bicyclic) bond motifs is 2. The molecule has 0 saturated heterocycles. The van der Waals surface area contributed by atoms with Crippen LogP contribution in [0.2, 0.25) is 0 Å². The van der Waals surface area contributed by atoms with Gasteiger partial charge in [-0.15, -0.1) is 0 Å². The summed E-state index contributed by atoms with van der Waals surface area (Å²) in [7, 11) is 0. The van der Waals surface area contributed by atoms with E-state index in [9.17, 15) is 0 Å². The van der Waals surface area contributed by atoms with E-state index in [0.29, 0.717) is 18.3 Å². The van der Waals surface area contributed by atoms with Crippen molar-refractivity contribution in [1.82, 2.24) is 29.9 Å². The largest absolute Gasteiger partial charge is 0.334 e. The van der Waals surface area contributed by atoms with Crippen molar-refractivity contribution in [2.75, 3.05) is 0 Å². The van der Waals surface area contributed by atoms with E-state index in [2.05, 4.69) is 25.3 Å². The van der Waals surface area contributed by atoms with E-state index in [1.807, 2.05) is 47.0 Å². The van der Waals surface area contributed by atoms with E-state index < -0.39 is 0 Å². The highest BCUT2D eigenvalue weighted by molar-refractivity contribution is 5.91. The first-order chi connectivity index (χ1) is 11.9. The lowest BCUT2D eigenvalue weighted by molar-refractivity contribution is 0.421. The van der Waals surface area contributed by atoms with Crippen molar-refractivity contribution in [2.24, 2.45) is 0 Å². The first-order valence-corrected chi connectivity index (χ1v) is 7.53. The van der Waals surface area contributed by atoms with Crippen molar-refractivity contribution in [3.05, 3.63) is 60.8 Å². The van der Waals surface area contributed by atoms with E-state index in [4.69, 9.17) is 4.52 Å². The maximum absolute atomic E-state index is 5.45. The molecule has 0 saturated carbocycles. The molecule has 0 fully saturated rings. The summed E-state index contributed by atoms with van der Waals surface area (Å²) in [6.07, 6.45) is 3.55. The number of benzene rings is 2. The number of nitrogens with one attached hydrogen (secondary N) is 1. The van der Waals surface area contributed by atoms with Gasteiger partial charge in [-0.3, -0.25) is 5.10 Å². The molecule has 0 spiro atoms. The number of hydrogen-bond acceptors (Lipinski definition) is 5. The van der Waals surface area contributed by atoms with Gasteiger partial charge in [0, 0.05) is 5.39 Å². The van der Waals surface area contributed by atoms with Gasteiger partial charge in [0.15, 0.2) is 5.82 Å². The van der Waals surface area contributed by atoms with E-state index >= 15 is 0 Å². The number of H-pyrrole nitrogens is 1. The van der Waals surface area contributed by atoms with Gasteiger partial charge in [-0.1, -0.05) is 23.4 Å². The van der Waals surface area contributed by atoms with Crippen molar-refractivity contribution in [3.63, 3.8) is 0 Å². The molecule has 3 heterocycles. The molecule has 1 N–H and O–H groups in total. The standard InChI is InChI=1S/C17H12N6O/c1-2-7-15-14(5-1)18-10-23(15)9-16-20-17(24-22-16)11-4-3-6-13-12(11)8-19-21-13/h1-8,10H,9H2,(H,19,21). The number of rotatable bonds is 3. The first-order valence-electron chi connectivity index (χ1n) is 7.53. The van der Waals surface area contributed by atoms with Crippen LogP contribution in [0.5, 0.6) is 0 Å². The van der Waals surface area contributed by atoms with E-state index in [-0.39, 0.29) is 0 Å². The zero-order valence-corrected chi connectivity index (χ0v) is 12.5. The minimum Gasteiger partial charge on any atom is -0.334 e. The zero-order chi connectivity index (χ0) is 15.9. The quantitative estimate of drug-likeness (QED) is 0.553. The Morgan fingerprint density at radius 3 is 3.04 bits per heavy atom. The highest BCUT2D eigenvalue weighted by atomic mass is 16.5. The van der Waals surface area contributed by atoms with Gasteiger partial charge in [0.2, 0.25) is 0 Å². The number of hydrogen-bond donors (Lipinski definition) is 1. The molecule has 2 aromatic carbocycles. The molecule has 5 rings (SSSR count). The smallest absolute Gasteiger partial charge is 0.258 e. The van der Waals surface area contributed by atoms with Crippen LogP contribution in [0.3, 0.4) is 0 Å². The Bertz CT molecular complexity index is 1150. The van der Waals surface area contributed by atoms with Crippen LogP contribution in [0.4, 0.5) is 0 Å². The summed E-state index contributed by atoms with van der Waals surface area (Å²) >= 11 is 0. The zero-order valence-electron chi connectivity index (χ0n) is 12.5. The monoisotopic (exact) mass is 316 g/mol. The second-order valence-corrected chi connectivity index (χ2v) is 5.51. The molecule has 0 aliphatic heterocycles. The summed E-state index contributed by atoms with van der Waals surface area (Å²) in [6, 6.07) is 13.8. The second-order valence-electron chi connectivity index (χ2n) is 5.51. The third-order valence-electron chi connectivity index (χ3n) is 4.02. The van der Waals surface area contributed by atoms with Gasteiger partial charge in [0.05, 0.1) is 41.2 Å². The topological polar surface area (TPSA) is 85.4 Å². The Morgan fingerprint density at radius 2 is 2.04 bits per heavy atom. The Kier molecular flexibility index (Phi) is 2.72. The molecule has 24 heavy (non-hydrogen) atoms. The average Bonchev–Trinajstić information content (AvgIpc) is 3.34. The van der Waals surface area contributed by atoms with Gasteiger partial charge in [-0.25, -0.2) is 4.98 Å². The van der Waals surface area contributed by atoms with Crippen LogP contribution in [-0.4, -0.2) is 29.9 Å². The van der Waals surface area contributed by atoms with Crippen molar-refractivity contribution in [1.29, 1.82) is 0 Å². The van der Waals surface area contributed by atoms with Crippen molar-refractivity contribution >= 4 is 21.9 Å². The fourth-order valence-corrected chi connectivity index (χ4v) is 2.87. The first kappa shape index (κ1) is 13.0. The number of imidazole rings is 1. The summed E-state index contributed by atoms with van der Waals surface area (Å²) in [5.41, 5.74) is 3.80. The molecule has 0 bridgehead atoms. The van der Waals surface area contributed by atoms with Crippen LogP contribution >= 0.6 is 0 Å². The molecular formula is C17H12N6O. The molecule has 0 radical (unpaired) electrons. The molecule has 116 valence electrons. The normalized spacial score (nSPS) is 11.5. The van der Waals surface area contributed by atoms with Crippen LogP contribution in [0.15, 0.2) is 59.5 Å². The van der Waals surface area contributed by atoms with Crippen LogP contribution in [-0.2, 0) is 6.54 Å². The molecular weight excluding hydrogens is 304 g/mol. The molecule has 0 aliphatic carbocycles. The Labute approximate surface area is 135 Å². The molecule has 3 aromatic heterocycles. The second kappa shape index (κ2) is 5.02. The summed E-state index contributed by atoms with van der Waals surface area (Å²) < 4.78 is 7.45. The van der Waals surface area contributed by atoms with E-state index in [1.165, 1.54) is 0 Å². The predicted molar refractivity (Wildman–Crippen MR) is 88.2 cm³/mol. The molecule has 5 aromatic rings. The minimum atomic E-state index is 0.487. The lowest BCUT2D eigenvalue weighted by atomic mass is 10.1. The number of aromatic amines is 1. The van der Waals surface area contributed by atoms with Gasteiger partial charge in [0.1, 0.15) is 0 Å². The van der Waals surface area contributed by atoms with Crippen molar-refractivity contribution < 1.29 is 4.52 Å². The van der Waals surface area contributed by atoms with Crippen LogP contribution in [0.25, 0.3) is 33.4 Å². The maximum Gasteiger partial charge on any atom is 0.258 e. The van der Waals surface area contributed by atoms with Gasteiger partial charge < -0.3 is 9.09 Å². The number of nitrogens with zero attached hydrogens (tertiary/aromatic N) is 5. The maximum atomic E-state index is 5.45. The van der Waals surface area contributed by atoms with E-state index in [0.717, 1.165) is 27.5 Å². The highest BCUT2D eigenvalue weighted by Gasteiger charge is 2.13. The molecule has 7 heteroatoms. The fourth-order valence-electron chi connectivity index (χ4n) is 2.87. The van der Waals surface area contributed by atoms with Crippen molar-refractivity contribution in [3.8, 4) is 11.5 Å². The minimum absolute atomic E-state index is 0.487. The van der Waals surface area contributed by atoms with Crippen LogP contribution < -0.4 is 0 Å². The SMILES string of the molecule is c1ccc2c(c1)ncn2Cc1noc(-c2cccc3[nH]ncc23)n1. The lowest BCUT2D eigenvalue weighted by Gasteiger charge is -1.99. The Hall–Kier alpha value is -3.48. The average molecular weight is 316 g/mol. The summed E-state index contributed by atoms with van der Waals surface area (Å²) in [5.74, 6) is 1.09. The molecule has 0 atom stereocenters. The van der Waals surface area contributed by atoms with Crippen LogP contribution in [0, 0.1) is 0 Å². The predicted octanol–water partition coefficient (Wildman–Crippen LogP) is 3.01. The Morgan fingerprint density at radius 1 is 1.08 bits per heavy atom. The highest BCUT2D eigenvalue weighted by Crippen LogP contribution is 2.26. The van der Waals surface area contributed by atoms with E-state index in [1.54, 1.807) is 12.5 Å². The summed E-state index contributed by atoms with van der Waals surface area (Å²) in [6.45, 7) is 0.505. The van der Waals surface area contributed by atoms with Gasteiger partial charge in [0.25, 0.3) is 5.89 Å².